The molecular formula is C10H18N2O. The molecule has 0 saturated heterocycles. The normalized spacial score (nSPS) is 13.6. The van der Waals surface area contributed by atoms with Crippen LogP contribution in [0.1, 0.15) is 32.2 Å². The summed E-state index contributed by atoms with van der Waals surface area (Å²) in [6.07, 6.45) is 0. The van der Waals surface area contributed by atoms with E-state index in [0.29, 0.717) is 12.0 Å². The molecule has 1 rings (SSSR count). The second-order valence-electron chi connectivity index (χ2n) is 3.84. The monoisotopic (exact) mass is 182 g/mol. The lowest BCUT2D eigenvalue weighted by Gasteiger charge is -2.15. The number of hydrogen-bond acceptors (Lipinski definition) is 3. The molecule has 0 aliphatic carbocycles. The fourth-order valence-electron chi connectivity index (χ4n) is 1.00. The number of hydrogen-bond donors (Lipinski definition) is 1. The van der Waals surface area contributed by atoms with E-state index in [4.69, 9.17) is 4.52 Å². The number of aryl methyl sites for hydroxylation is 1. The van der Waals surface area contributed by atoms with Crippen molar-refractivity contribution in [3.05, 3.63) is 17.5 Å². The largest absolute Gasteiger partial charge is 0.361 e. The number of rotatable bonds is 4. The molecule has 1 unspecified atom stereocenters. The van der Waals surface area contributed by atoms with Crippen LogP contribution in [0.5, 0.6) is 0 Å². The van der Waals surface area contributed by atoms with Gasteiger partial charge < -0.3 is 9.84 Å². The van der Waals surface area contributed by atoms with E-state index in [0.717, 1.165) is 18.0 Å². The molecule has 0 aliphatic rings. The average Bonchev–Trinajstić information content (AvgIpc) is 2.47. The third-order valence-corrected chi connectivity index (χ3v) is 2.28. The summed E-state index contributed by atoms with van der Waals surface area (Å²) in [5, 5.41) is 7.30. The molecule has 0 bridgehead atoms. The number of nitrogens with one attached hydrogen (secondary N) is 1. The molecule has 0 aliphatic heterocycles. The van der Waals surface area contributed by atoms with Crippen LogP contribution < -0.4 is 5.32 Å². The Morgan fingerprint density at radius 2 is 2.15 bits per heavy atom. The maximum absolute atomic E-state index is 4.97. The van der Waals surface area contributed by atoms with Crippen molar-refractivity contribution < 1.29 is 4.52 Å². The number of aromatic nitrogens is 1. The zero-order valence-corrected chi connectivity index (χ0v) is 8.79. The van der Waals surface area contributed by atoms with Crippen LogP contribution in [0, 0.1) is 12.8 Å². The van der Waals surface area contributed by atoms with Gasteiger partial charge in [-0.15, -0.1) is 0 Å². The van der Waals surface area contributed by atoms with E-state index in [2.05, 4.69) is 31.2 Å². The SMILES string of the molecule is Cc1cc(CNC(C)C(C)C)no1. The maximum Gasteiger partial charge on any atom is 0.133 e. The van der Waals surface area contributed by atoms with Gasteiger partial charge in [0.25, 0.3) is 0 Å². The molecule has 1 aromatic rings. The highest BCUT2D eigenvalue weighted by Crippen LogP contribution is 2.04. The van der Waals surface area contributed by atoms with Crippen LogP contribution in [-0.4, -0.2) is 11.2 Å². The van der Waals surface area contributed by atoms with Crippen LogP contribution in [0.3, 0.4) is 0 Å². The van der Waals surface area contributed by atoms with Crippen molar-refractivity contribution in [2.24, 2.45) is 5.92 Å². The average molecular weight is 182 g/mol. The van der Waals surface area contributed by atoms with Crippen LogP contribution in [0.15, 0.2) is 10.6 Å². The topological polar surface area (TPSA) is 38.1 Å². The maximum atomic E-state index is 4.97. The van der Waals surface area contributed by atoms with E-state index in [9.17, 15) is 0 Å². The highest BCUT2D eigenvalue weighted by atomic mass is 16.5. The minimum atomic E-state index is 0.511. The van der Waals surface area contributed by atoms with Crippen LogP contribution in [0.25, 0.3) is 0 Å². The van der Waals surface area contributed by atoms with Crippen molar-refractivity contribution in [1.82, 2.24) is 10.5 Å². The molecule has 0 saturated carbocycles. The van der Waals surface area contributed by atoms with Gasteiger partial charge in [-0.1, -0.05) is 19.0 Å². The number of nitrogens with zero attached hydrogens (tertiary/aromatic N) is 1. The fraction of sp³-hybridized carbons (Fsp3) is 0.700. The van der Waals surface area contributed by atoms with Gasteiger partial charge in [0, 0.05) is 18.7 Å². The summed E-state index contributed by atoms with van der Waals surface area (Å²) in [7, 11) is 0. The molecule has 1 heterocycles. The summed E-state index contributed by atoms with van der Waals surface area (Å²) in [5.74, 6) is 1.52. The second kappa shape index (κ2) is 4.42. The molecule has 0 spiro atoms. The van der Waals surface area contributed by atoms with Crippen molar-refractivity contribution in [1.29, 1.82) is 0 Å². The van der Waals surface area contributed by atoms with Gasteiger partial charge in [-0.05, 0) is 19.8 Å². The molecule has 1 aromatic heterocycles. The van der Waals surface area contributed by atoms with Gasteiger partial charge in [-0.3, -0.25) is 0 Å². The van der Waals surface area contributed by atoms with E-state index in [1.54, 1.807) is 0 Å². The Bertz CT molecular complexity index is 255. The first kappa shape index (κ1) is 10.3. The van der Waals surface area contributed by atoms with E-state index in [-0.39, 0.29) is 0 Å². The summed E-state index contributed by atoms with van der Waals surface area (Å²) in [6.45, 7) is 9.27. The van der Waals surface area contributed by atoms with Crippen LogP contribution in [0.4, 0.5) is 0 Å². The fourth-order valence-corrected chi connectivity index (χ4v) is 1.00. The van der Waals surface area contributed by atoms with Gasteiger partial charge in [0.1, 0.15) is 5.76 Å². The first-order chi connectivity index (χ1) is 6.09. The first-order valence-electron chi connectivity index (χ1n) is 4.75. The summed E-state index contributed by atoms with van der Waals surface area (Å²) in [5.41, 5.74) is 0.977. The Morgan fingerprint density at radius 3 is 2.62 bits per heavy atom. The minimum Gasteiger partial charge on any atom is -0.361 e. The minimum absolute atomic E-state index is 0.511. The summed E-state index contributed by atoms with van der Waals surface area (Å²) >= 11 is 0. The van der Waals surface area contributed by atoms with Crippen molar-refractivity contribution in [2.75, 3.05) is 0 Å². The van der Waals surface area contributed by atoms with Crippen molar-refractivity contribution in [3.8, 4) is 0 Å². The Labute approximate surface area is 79.5 Å². The quantitative estimate of drug-likeness (QED) is 0.775. The lowest BCUT2D eigenvalue weighted by molar-refractivity contribution is 0.378. The Hall–Kier alpha value is -0.830. The standard InChI is InChI=1S/C10H18N2O/c1-7(2)9(4)11-6-10-5-8(3)13-12-10/h5,7,9,11H,6H2,1-4H3. The highest BCUT2D eigenvalue weighted by Gasteiger charge is 2.07. The molecule has 0 amide bonds. The molecule has 3 nitrogen and oxygen atoms in total. The Kier molecular flexibility index (Phi) is 3.48. The zero-order valence-electron chi connectivity index (χ0n) is 8.79. The van der Waals surface area contributed by atoms with E-state index in [1.807, 2.05) is 13.0 Å². The second-order valence-corrected chi connectivity index (χ2v) is 3.84. The van der Waals surface area contributed by atoms with Crippen molar-refractivity contribution in [2.45, 2.75) is 40.3 Å². The van der Waals surface area contributed by atoms with Gasteiger partial charge in [0.05, 0.1) is 5.69 Å². The molecule has 0 radical (unpaired) electrons. The molecule has 74 valence electrons. The summed E-state index contributed by atoms with van der Waals surface area (Å²) in [4.78, 5) is 0. The Morgan fingerprint density at radius 1 is 1.46 bits per heavy atom. The Balaban J connectivity index is 2.35. The third-order valence-electron chi connectivity index (χ3n) is 2.28. The van der Waals surface area contributed by atoms with Gasteiger partial charge in [-0.2, -0.15) is 0 Å². The smallest absolute Gasteiger partial charge is 0.133 e. The molecule has 0 fully saturated rings. The van der Waals surface area contributed by atoms with E-state index < -0.39 is 0 Å². The van der Waals surface area contributed by atoms with Gasteiger partial charge in [0.2, 0.25) is 0 Å². The third kappa shape index (κ3) is 3.19. The van der Waals surface area contributed by atoms with Crippen molar-refractivity contribution in [3.63, 3.8) is 0 Å². The predicted molar refractivity (Wildman–Crippen MR) is 52.4 cm³/mol. The van der Waals surface area contributed by atoms with Gasteiger partial charge >= 0.3 is 0 Å². The lowest BCUT2D eigenvalue weighted by Crippen LogP contribution is -2.30. The molecule has 1 atom stereocenters. The first-order valence-corrected chi connectivity index (χ1v) is 4.75. The van der Waals surface area contributed by atoms with E-state index in [1.165, 1.54) is 0 Å². The van der Waals surface area contributed by atoms with Crippen LogP contribution in [-0.2, 0) is 6.54 Å². The summed E-state index contributed by atoms with van der Waals surface area (Å²) < 4.78 is 4.97. The van der Waals surface area contributed by atoms with Crippen molar-refractivity contribution >= 4 is 0 Å². The van der Waals surface area contributed by atoms with Crippen LogP contribution >= 0.6 is 0 Å². The molecule has 3 heteroatoms. The molecule has 13 heavy (non-hydrogen) atoms. The molecular weight excluding hydrogens is 164 g/mol. The summed E-state index contributed by atoms with van der Waals surface area (Å²) in [6, 6.07) is 2.47. The zero-order chi connectivity index (χ0) is 9.84. The van der Waals surface area contributed by atoms with E-state index >= 15 is 0 Å². The van der Waals surface area contributed by atoms with Crippen LogP contribution in [0.2, 0.25) is 0 Å². The van der Waals surface area contributed by atoms with Gasteiger partial charge in [0.15, 0.2) is 0 Å². The molecule has 1 N–H and O–H groups in total. The van der Waals surface area contributed by atoms with Gasteiger partial charge in [-0.25, -0.2) is 0 Å². The molecule has 0 aromatic carbocycles. The predicted octanol–water partition coefficient (Wildman–Crippen LogP) is 2.12. The highest BCUT2D eigenvalue weighted by molar-refractivity contribution is 5.03. The lowest BCUT2D eigenvalue weighted by atomic mass is 10.1.